The van der Waals surface area contributed by atoms with Crippen LogP contribution in [0, 0.1) is 6.92 Å². The molecule has 10 heteroatoms. The molecule has 1 atom stereocenters. The average molecular weight is 433 g/mol. The number of aromatic nitrogens is 3. The Hall–Kier alpha value is -2.78. The van der Waals surface area contributed by atoms with Crippen molar-refractivity contribution in [3.8, 4) is 0 Å². The molecule has 1 unspecified atom stereocenters. The van der Waals surface area contributed by atoms with E-state index in [1.54, 1.807) is 13.0 Å². The molecule has 0 saturated heterocycles. The molecule has 3 aromatic rings. The van der Waals surface area contributed by atoms with Gasteiger partial charge in [0, 0.05) is 17.8 Å². The van der Waals surface area contributed by atoms with Gasteiger partial charge in [0.2, 0.25) is 0 Å². The van der Waals surface area contributed by atoms with E-state index in [0.29, 0.717) is 22.5 Å². The first kappa shape index (κ1) is 20.9. The third-order valence-corrected chi connectivity index (χ3v) is 5.35. The summed E-state index contributed by atoms with van der Waals surface area (Å²) in [6, 6.07) is 11.1. The lowest BCUT2D eigenvalue weighted by molar-refractivity contribution is -0.120. The monoisotopic (exact) mass is 432 g/mol. The first-order chi connectivity index (χ1) is 13.9. The molecule has 29 heavy (non-hydrogen) atoms. The summed E-state index contributed by atoms with van der Waals surface area (Å²) in [5.74, 6) is 1.86. The number of aryl methyl sites for hydroxylation is 1. The minimum absolute atomic E-state index is 0.240. The fraction of sp³-hybridized carbons (Fsp3) is 0.263. The van der Waals surface area contributed by atoms with Gasteiger partial charge in [-0.2, -0.15) is 5.10 Å². The highest BCUT2D eigenvalue weighted by atomic mass is 35.5. The highest BCUT2D eigenvalue weighted by molar-refractivity contribution is 8.00. The Kier molecular flexibility index (Phi) is 6.95. The zero-order chi connectivity index (χ0) is 20.8. The molecule has 0 radical (unpaired) electrons. The van der Waals surface area contributed by atoms with Gasteiger partial charge in [0.15, 0.2) is 11.0 Å². The van der Waals surface area contributed by atoms with Gasteiger partial charge >= 0.3 is 0 Å². The van der Waals surface area contributed by atoms with Crippen LogP contribution in [-0.4, -0.2) is 32.1 Å². The van der Waals surface area contributed by atoms with Crippen molar-refractivity contribution >= 4 is 41.2 Å². The molecular weight excluding hydrogens is 412 g/mol. The second-order valence-electron chi connectivity index (χ2n) is 6.26. The topological polar surface area (TPSA) is 97.3 Å². The van der Waals surface area contributed by atoms with Gasteiger partial charge in [-0.1, -0.05) is 29.4 Å². The number of anilines is 1. The van der Waals surface area contributed by atoms with Gasteiger partial charge in [-0.15, -0.1) is 10.2 Å². The van der Waals surface area contributed by atoms with Gasteiger partial charge in [-0.05, 0) is 44.2 Å². The van der Waals surface area contributed by atoms with E-state index in [0.717, 1.165) is 17.3 Å². The summed E-state index contributed by atoms with van der Waals surface area (Å²) in [4.78, 5) is 12.2. The normalized spacial score (nSPS) is 12.3. The maximum Gasteiger partial charge on any atom is 0.253 e. The molecule has 1 amide bonds. The summed E-state index contributed by atoms with van der Waals surface area (Å²) < 4.78 is 7.21. The van der Waals surface area contributed by atoms with E-state index >= 15 is 0 Å². The van der Waals surface area contributed by atoms with Gasteiger partial charge in [0.05, 0.1) is 18.0 Å². The van der Waals surface area contributed by atoms with Gasteiger partial charge in [-0.25, -0.2) is 5.43 Å². The summed E-state index contributed by atoms with van der Waals surface area (Å²) in [5, 5.41) is 16.4. The third kappa shape index (κ3) is 5.85. The van der Waals surface area contributed by atoms with Crippen LogP contribution in [0.4, 0.5) is 5.69 Å². The molecule has 0 aliphatic rings. The quantitative estimate of drug-likeness (QED) is 0.320. The fourth-order valence-electron chi connectivity index (χ4n) is 2.37. The maximum absolute atomic E-state index is 12.2. The van der Waals surface area contributed by atoms with Gasteiger partial charge in [0.25, 0.3) is 5.91 Å². The van der Waals surface area contributed by atoms with Crippen LogP contribution in [0.3, 0.4) is 0 Å². The van der Waals surface area contributed by atoms with Crippen LogP contribution in [-0.2, 0) is 18.4 Å². The maximum atomic E-state index is 12.2. The number of benzene rings is 1. The first-order valence-electron chi connectivity index (χ1n) is 8.86. The summed E-state index contributed by atoms with van der Waals surface area (Å²) in [6.07, 6.45) is 1.46. The highest BCUT2D eigenvalue weighted by Gasteiger charge is 2.18. The largest absolute Gasteiger partial charge is 0.460 e. The molecule has 0 bridgehead atoms. The van der Waals surface area contributed by atoms with Crippen molar-refractivity contribution in [2.45, 2.75) is 30.8 Å². The predicted molar refractivity (Wildman–Crippen MR) is 114 cm³/mol. The summed E-state index contributed by atoms with van der Waals surface area (Å²) >= 11 is 7.30. The number of halogens is 1. The molecule has 2 N–H and O–H groups in total. The molecule has 0 saturated carbocycles. The number of nitrogens with one attached hydrogen (secondary N) is 2. The summed E-state index contributed by atoms with van der Waals surface area (Å²) in [7, 11) is 1.86. The smallest absolute Gasteiger partial charge is 0.253 e. The second-order valence-corrected chi connectivity index (χ2v) is 8.01. The minimum atomic E-state index is -0.401. The SMILES string of the molecule is Cc1ccc(C=NNC(=O)C(C)Sc2nnc(CNc3cccc(Cl)c3)n2C)o1. The predicted octanol–water partition coefficient (Wildman–Crippen LogP) is 3.61. The van der Waals surface area contributed by atoms with Crippen molar-refractivity contribution in [3.63, 3.8) is 0 Å². The van der Waals surface area contributed by atoms with Crippen molar-refractivity contribution in [1.29, 1.82) is 0 Å². The van der Waals surface area contributed by atoms with E-state index in [2.05, 4.69) is 26.0 Å². The molecule has 1 aromatic carbocycles. The molecule has 0 aliphatic carbocycles. The van der Waals surface area contributed by atoms with Crippen LogP contribution in [0.25, 0.3) is 0 Å². The Balaban J connectivity index is 1.52. The zero-order valence-electron chi connectivity index (χ0n) is 16.2. The lowest BCUT2D eigenvalue weighted by atomic mass is 10.3. The van der Waals surface area contributed by atoms with Crippen LogP contribution >= 0.6 is 23.4 Å². The molecule has 0 spiro atoms. The first-order valence-corrected chi connectivity index (χ1v) is 10.1. The molecule has 0 aliphatic heterocycles. The number of hydrogen-bond acceptors (Lipinski definition) is 7. The fourth-order valence-corrected chi connectivity index (χ4v) is 3.38. The molecule has 2 aromatic heterocycles. The molecule has 152 valence electrons. The Morgan fingerprint density at radius 2 is 2.21 bits per heavy atom. The standard InChI is InChI=1S/C19H21ClN6O2S/c1-12-7-8-16(28-12)10-22-24-18(27)13(2)29-19-25-23-17(26(19)3)11-21-15-6-4-5-14(20)9-15/h4-10,13,21H,11H2,1-3H3,(H,24,27). The van der Waals surface area contributed by atoms with Gasteiger partial charge < -0.3 is 14.3 Å². The van der Waals surface area contributed by atoms with Crippen LogP contribution in [0.1, 0.15) is 24.3 Å². The van der Waals surface area contributed by atoms with Crippen molar-refractivity contribution < 1.29 is 9.21 Å². The number of amides is 1. The molecular formula is C19H21ClN6O2S. The Labute approximate surface area is 177 Å². The number of carbonyl (C=O) groups is 1. The van der Waals surface area contributed by atoms with E-state index in [1.165, 1.54) is 18.0 Å². The minimum Gasteiger partial charge on any atom is -0.460 e. The molecule has 3 rings (SSSR count). The van der Waals surface area contributed by atoms with E-state index in [-0.39, 0.29) is 5.91 Å². The molecule has 2 heterocycles. The summed E-state index contributed by atoms with van der Waals surface area (Å²) in [6.45, 7) is 4.11. The van der Waals surface area contributed by atoms with Crippen LogP contribution < -0.4 is 10.7 Å². The van der Waals surface area contributed by atoms with Crippen molar-refractivity contribution in [3.05, 3.63) is 58.8 Å². The number of rotatable bonds is 8. The third-order valence-electron chi connectivity index (χ3n) is 3.98. The van der Waals surface area contributed by atoms with Crippen LogP contribution in [0.15, 0.2) is 51.1 Å². The van der Waals surface area contributed by atoms with E-state index in [1.807, 2.05) is 48.9 Å². The lowest BCUT2D eigenvalue weighted by Crippen LogP contribution is -2.27. The van der Waals surface area contributed by atoms with E-state index < -0.39 is 5.25 Å². The Bertz CT molecular complexity index is 1020. The number of furan rings is 1. The van der Waals surface area contributed by atoms with Crippen LogP contribution in [0.5, 0.6) is 0 Å². The Morgan fingerprint density at radius 3 is 2.93 bits per heavy atom. The average Bonchev–Trinajstić information content (AvgIpc) is 3.26. The van der Waals surface area contributed by atoms with Crippen molar-refractivity contribution in [1.82, 2.24) is 20.2 Å². The lowest BCUT2D eigenvalue weighted by Gasteiger charge is -2.10. The van der Waals surface area contributed by atoms with Crippen LogP contribution in [0.2, 0.25) is 5.02 Å². The number of thioether (sulfide) groups is 1. The summed E-state index contributed by atoms with van der Waals surface area (Å²) in [5.41, 5.74) is 3.40. The van der Waals surface area contributed by atoms with E-state index in [4.69, 9.17) is 16.0 Å². The van der Waals surface area contributed by atoms with Crippen molar-refractivity contribution in [2.24, 2.45) is 12.1 Å². The second kappa shape index (κ2) is 9.62. The molecule has 8 nitrogen and oxygen atoms in total. The highest BCUT2D eigenvalue weighted by Crippen LogP contribution is 2.22. The number of hydrogen-bond donors (Lipinski definition) is 2. The number of hydrazone groups is 1. The number of carbonyl (C=O) groups excluding carboxylic acids is 1. The van der Waals surface area contributed by atoms with Crippen molar-refractivity contribution in [2.75, 3.05) is 5.32 Å². The van der Waals surface area contributed by atoms with Gasteiger partial charge in [0.1, 0.15) is 11.5 Å². The Morgan fingerprint density at radius 1 is 1.38 bits per heavy atom. The van der Waals surface area contributed by atoms with Gasteiger partial charge in [-0.3, -0.25) is 4.79 Å². The molecule has 0 fully saturated rings. The zero-order valence-corrected chi connectivity index (χ0v) is 17.8. The number of nitrogens with zero attached hydrogens (tertiary/aromatic N) is 4. The van der Waals surface area contributed by atoms with E-state index in [9.17, 15) is 4.79 Å².